The molecule has 1 aliphatic heterocycles. The smallest absolute Gasteiger partial charge is 0.193 e. The van der Waals surface area contributed by atoms with E-state index in [4.69, 9.17) is 4.74 Å². The lowest BCUT2D eigenvalue weighted by molar-refractivity contribution is 0.182. The lowest BCUT2D eigenvalue weighted by Gasteiger charge is -2.33. The number of hydrogen-bond acceptors (Lipinski definition) is 5. The van der Waals surface area contributed by atoms with Gasteiger partial charge in [0.2, 0.25) is 0 Å². The van der Waals surface area contributed by atoms with Crippen molar-refractivity contribution in [2.75, 3.05) is 20.2 Å². The van der Waals surface area contributed by atoms with Gasteiger partial charge in [-0.05, 0) is 49.2 Å². The number of thiazole rings is 1. The summed E-state index contributed by atoms with van der Waals surface area (Å²) in [7, 11) is 1.72. The summed E-state index contributed by atoms with van der Waals surface area (Å²) in [6, 6.07) is 13.2. The maximum absolute atomic E-state index is 5.35. The molecule has 1 aromatic carbocycles. The van der Waals surface area contributed by atoms with Gasteiger partial charge in [0.05, 0.1) is 7.11 Å². The normalized spacial score (nSPS) is 17.9. The molecule has 142 valence electrons. The summed E-state index contributed by atoms with van der Waals surface area (Å²) < 4.78 is 7.52. The summed E-state index contributed by atoms with van der Waals surface area (Å²) in [4.78, 5) is 6.96. The van der Waals surface area contributed by atoms with Crippen molar-refractivity contribution >= 4 is 11.3 Å². The van der Waals surface area contributed by atoms with Gasteiger partial charge in [0.15, 0.2) is 5.13 Å². The molecule has 4 rings (SSSR count). The number of hydrogen-bond donors (Lipinski definition) is 1. The van der Waals surface area contributed by atoms with Crippen LogP contribution in [0.1, 0.15) is 24.1 Å². The molecule has 1 saturated heterocycles. The average Bonchev–Trinajstić information content (AvgIpc) is 3.38. The summed E-state index contributed by atoms with van der Waals surface area (Å²) in [5.74, 6) is 0.933. The molecule has 27 heavy (non-hydrogen) atoms. The molecule has 6 heteroatoms. The number of nitrogens with zero attached hydrogens (tertiary/aromatic N) is 3. The predicted octanol–water partition coefficient (Wildman–Crippen LogP) is 3.70. The highest BCUT2D eigenvalue weighted by Gasteiger charge is 2.20. The van der Waals surface area contributed by atoms with Gasteiger partial charge in [-0.25, -0.2) is 4.98 Å². The van der Waals surface area contributed by atoms with Crippen LogP contribution < -0.4 is 10.1 Å². The zero-order chi connectivity index (χ0) is 18.5. The summed E-state index contributed by atoms with van der Waals surface area (Å²) in [5.41, 5.74) is 2.57. The number of rotatable bonds is 7. The van der Waals surface area contributed by atoms with Crippen molar-refractivity contribution < 1.29 is 4.74 Å². The van der Waals surface area contributed by atoms with E-state index in [1.807, 2.05) is 17.6 Å². The van der Waals surface area contributed by atoms with Gasteiger partial charge >= 0.3 is 0 Å². The predicted molar refractivity (Wildman–Crippen MR) is 110 cm³/mol. The Hall–Kier alpha value is -2.15. The maximum Gasteiger partial charge on any atom is 0.193 e. The first-order valence-corrected chi connectivity index (χ1v) is 10.3. The molecule has 2 aromatic heterocycles. The van der Waals surface area contributed by atoms with Crippen LogP contribution in [0.15, 0.2) is 54.2 Å². The largest absolute Gasteiger partial charge is 0.497 e. The van der Waals surface area contributed by atoms with Crippen molar-refractivity contribution in [3.05, 3.63) is 65.4 Å². The Morgan fingerprint density at radius 2 is 2.26 bits per heavy atom. The molecule has 0 bridgehead atoms. The van der Waals surface area contributed by atoms with Crippen LogP contribution in [0.5, 0.6) is 5.75 Å². The topological polar surface area (TPSA) is 42.3 Å². The van der Waals surface area contributed by atoms with Crippen LogP contribution in [-0.4, -0.2) is 40.7 Å². The zero-order valence-electron chi connectivity index (χ0n) is 15.7. The molecular formula is C21H26N4OS. The van der Waals surface area contributed by atoms with Crippen LogP contribution in [0.4, 0.5) is 0 Å². The Morgan fingerprint density at radius 3 is 3.11 bits per heavy atom. The molecule has 1 N–H and O–H groups in total. The van der Waals surface area contributed by atoms with E-state index in [1.165, 1.54) is 24.1 Å². The fourth-order valence-corrected chi connectivity index (χ4v) is 4.38. The number of piperidine rings is 1. The van der Waals surface area contributed by atoms with Gasteiger partial charge in [0.25, 0.3) is 0 Å². The lowest BCUT2D eigenvalue weighted by Crippen LogP contribution is -2.45. The van der Waals surface area contributed by atoms with Crippen molar-refractivity contribution in [2.45, 2.75) is 32.0 Å². The van der Waals surface area contributed by atoms with E-state index >= 15 is 0 Å². The second-order valence-electron chi connectivity index (χ2n) is 6.99. The van der Waals surface area contributed by atoms with E-state index in [1.54, 1.807) is 18.4 Å². The Bertz CT molecular complexity index is 846. The highest BCUT2D eigenvalue weighted by atomic mass is 32.1. The van der Waals surface area contributed by atoms with Crippen LogP contribution in [-0.2, 0) is 13.1 Å². The number of nitrogens with one attached hydrogen (secondary N) is 1. The Balaban J connectivity index is 1.33. The van der Waals surface area contributed by atoms with Crippen LogP contribution in [0.25, 0.3) is 5.13 Å². The third-order valence-electron chi connectivity index (χ3n) is 5.08. The first-order valence-electron chi connectivity index (χ1n) is 9.46. The van der Waals surface area contributed by atoms with Gasteiger partial charge in [-0.1, -0.05) is 12.1 Å². The Labute approximate surface area is 164 Å². The minimum Gasteiger partial charge on any atom is -0.497 e. The van der Waals surface area contributed by atoms with E-state index < -0.39 is 0 Å². The van der Waals surface area contributed by atoms with Crippen molar-refractivity contribution in [1.29, 1.82) is 0 Å². The first-order chi connectivity index (χ1) is 13.3. The Kier molecular flexibility index (Phi) is 5.87. The molecule has 3 aromatic rings. The molecule has 3 heterocycles. The minimum atomic E-state index is 0.518. The quantitative estimate of drug-likeness (QED) is 0.677. The van der Waals surface area contributed by atoms with Gasteiger partial charge in [0.1, 0.15) is 5.75 Å². The number of benzene rings is 1. The van der Waals surface area contributed by atoms with Gasteiger partial charge in [0, 0.05) is 49.1 Å². The van der Waals surface area contributed by atoms with E-state index in [-0.39, 0.29) is 0 Å². The summed E-state index contributed by atoms with van der Waals surface area (Å²) in [6.07, 6.45) is 6.41. The molecule has 0 radical (unpaired) electrons. The zero-order valence-corrected chi connectivity index (χ0v) is 16.5. The number of aromatic nitrogens is 2. The number of likely N-dealkylation sites (tertiary alicyclic amines) is 1. The summed E-state index contributed by atoms with van der Waals surface area (Å²) in [5, 5.41) is 6.80. The van der Waals surface area contributed by atoms with Crippen LogP contribution in [0, 0.1) is 0 Å². The fraction of sp³-hybridized carbons (Fsp3) is 0.381. The second kappa shape index (κ2) is 8.69. The van der Waals surface area contributed by atoms with Crippen molar-refractivity contribution in [3.8, 4) is 10.9 Å². The third-order valence-corrected chi connectivity index (χ3v) is 5.85. The standard InChI is InChI=1S/C21H26N4OS/c1-26-20-8-2-5-17(13-20)15-24-10-3-6-18(16-24)23-14-19-7-4-11-25(19)21-22-9-12-27-21/h2,4-5,7-9,11-13,18,23H,3,6,10,14-16H2,1H3/t18-/m1/s1. The average molecular weight is 383 g/mol. The molecule has 0 amide bonds. The van der Waals surface area contributed by atoms with E-state index in [0.717, 1.165) is 37.1 Å². The highest BCUT2D eigenvalue weighted by molar-refractivity contribution is 7.12. The molecule has 0 saturated carbocycles. The molecule has 0 aliphatic carbocycles. The molecule has 1 atom stereocenters. The molecule has 1 aliphatic rings. The minimum absolute atomic E-state index is 0.518. The lowest BCUT2D eigenvalue weighted by atomic mass is 10.0. The summed E-state index contributed by atoms with van der Waals surface area (Å²) in [6.45, 7) is 4.08. The number of methoxy groups -OCH3 is 1. The SMILES string of the molecule is COc1cccc(CN2CCC[C@@H](NCc3cccn3-c3nccs3)C2)c1. The van der Waals surface area contributed by atoms with E-state index in [9.17, 15) is 0 Å². The van der Waals surface area contributed by atoms with Crippen LogP contribution in [0.3, 0.4) is 0 Å². The third kappa shape index (κ3) is 4.58. The van der Waals surface area contributed by atoms with Crippen molar-refractivity contribution in [1.82, 2.24) is 19.8 Å². The number of ether oxygens (including phenoxy) is 1. The molecular weight excluding hydrogens is 356 g/mol. The fourth-order valence-electron chi connectivity index (χ4n) is 3.73. The van der Waals surface area contributed by atoms with Gasteiger partial charge in [-0.15, -0.1) is 11.3 Å². The summed E-state index contributed by atoms with van der Waals surface area (Å²) >= 11 is 1.67. The van der Waals surface area contributed by atoms with Crippen LogP contribution >= 0.6 is 11.3 Å². The van der Waals surface area contributed by atoms with Crippen LogP contribution in [0.2, 0.25) is 0 Å². The van der Waals surface area contributed by atoms with Crippen molar-refractivity contribution in [2.24, 2.45) is 0 Å². The monoisotopic (exact) mass is 382 g/mol. The Morgan fingerprint density at radius 1 is 1.30 bits per heavy atom. The maximum atomic E-state index is 5.35. The molecule has 5 nitrogen and oxygen atoms in total. The first kappa shape index (κ1) is 18.2. The van der Waals surface area contributed by atoms with Gasteiger partial charge < -0.3 is 10.1 Å². The molecule has 0 unspecified atom stereocenters. The van der Waals surface area contributed by atoms with Gasteiger partial charge in [-0.2, -0.15) is 0 Å². The van der Waals surface area contributed by atoms with E-state index in [2.05, 4.69) is 56.3 Å². The highest BCUT2D eigenvalue weighted by Crippen LogP contribution is 2.19. The molecule has 0 spiro atoms. The second-order valence-corrected chi connectivity index (χ2v) is 7.86. The van der Waals surface area contributed by atoms with Gasteiger partial charge in [-0.3, -0.25) is 9.47 Å². The van der Waals surface area contributed by atoms with Crippen molar-refractivity contribution in [3.63, 3.8) is 0 Å². The molecule has 1 fully saturated rings. The van der Waals surface area contributed by atoms with E-state index in [0.29, 0.717) is 6.04 Å².